The summed E-state index contributed by atoms with van der Waals surface area (Å²) >= 11 is 3.41. The van der Waals surface area contributed by atoms with E-state index in [4.69, 9.17) is 0 Å². The second-order valence-electron chi connectivity index (χ2n) is 4.43. The first-order valence-electron chi connectivity index (χ1n) is 6.37. The van der Waals surface area contributed by atoms with Crippen molar-refractivity contribution >= 4 is 21.7 Å². The molecular formula is C14H13BrN6. The van der Waals surface area contributed by atoms with Crippen LogP contribution in [-0.4, -0.2) is 32.0 Å². The predicted octanol–water partition coefficient (Wildman–Crippen LogP) is 2.74. The molecule has 0 bridgehead atoms. The van der Waals surface area contributed by atoms with Crippen molar-refractivity contribution in [2.24, 2.45) is 7.05 Å². The zero-order chi connectivity index (χ0) is 14.8. The van der Waals surface area contributed by atoms with Crippen LogP contribution in [0.2, 0.25) is 0 Å². The fourth-order valence-electron chi connectivity index (χ4n) is 2.02. The Morgan fingerprint density at radius 2 is 1.90 bits per heavy atom. The number of anilines is 1. The minimum Gasteiger partial charge on any atom is -0.373 e. The van der Waals surface area contributed by atoms with Crippen LogP contribution in [0.15, 0.2) is 41.0 Å². The van der Waals surface area contributed by atoms with E-state index in [2.05, 4.69) is 41.5 Å². The molecular weight excluding hydrogens is 332 g/mol. The second-order valence-corrected chi connectivity index (χ2v) is 5.18. The quantitative estimate of drug-likeness (QED) is 0.791. The number of aryl methyl sites for hydroxylation is 1. The minimum atomic E-state index is 0.657. The molecule has 0 atom stereocenters. The monoisotopic (exact) mass is 344 g/mol. The number of benzene rings is 1. The number of nitrogens with one attached hydrogen (secondary N) is 1. The first kappa shape index (κ1) is 13.7. The van der Waals surface area contributed by atoms with E-state index in [1.807, 2.05) is 50.5 Å². The molecule has 0 saturated heterocycles. The molecule has 6 nitrogen and oxygen atoms in total. The molecule has 0 fully saturated rings. The largest absolute Gasteiger partial charge is 0.373 e. The van der Waals surface area contributed by atoms with Gasteiger partial charge in [-0.05, 0) is 15.9 Å². The molecule has 0 aliphatic heterocycles. The van der Waals surface area contributed by atoms with Crippen molar-refractivity contribution in [3.63, 3.8) is 0 Å². The van der Waals surface area contributed by atoms with Crippen LogP contribution in [0.25, 0.3) is 22.8 Å². The third-order valence-corrected chi connectivity index (χ3v) is 3.58. The molecule has 0 saturated carbocycles. The number of nitrogens with zero attached hydrogens (tertiary/aromatic N) is 5. The number of halogens is 1. The average Bonchev–Trinajstić information content (AvgIpc) is 2.86. The van der Waals surface area contributed by atoms with E-state index >= 15 is 0 Å². The smallest absolute Gasteiger partial charge is 0.162 e. The second kappa shape index (κ2) is 5.61. The van der Waals surface area contributed by atoms with E-state index in [0.717, 1.165) is 22.8 Å². The van der Waals surface area contributed by atoms with Crippen LogP contribution >= 0.6 is 15.9 Å². The van der Waals surface area contributed by atoms with Crippen LogP contribution in [0.1, 0.15) is 0 Å². The van der Waals surface area contributed by atoms with Crippen LogP contribution in [-0.2, 0) is 7.05 Å². The number of hydrogen-bond acceptors (Lipinski definition) is 5. The lowest BCUT2D eigenvalue weighted by Crippen LogP contribution is -2.01. The maximum Gasteiger partial charge on any atom is 0.162 e. The van der Waals surface area contributed by atoms with Gasteiger partial charge in [0.1, 0.15) is 11.5 Å². The Kier molecular flexibility index (Phi) is 3.66. The zero-order valence-electron chi connectivity index (χ0n) is 11.6. The van der Waals surface area contributed by atoms with Gasteiger partial charge in [0, 0.05) is 25.7 Å². The first-order chi connectivity index (χ1) is 10.2. The number of hydrogen-bond donors (Lipinski definition) is 1. The Hall–Kier alpha value is -2.28. The first-order valence-corrected chi connectivity index (χ1v) is 7.16. The Balaban J connectivity index is 2.19. The third-order valence-electron chi connectivity index (χ3n) is 3.04. The summed E-state index contributed by atoms with van der Waals surface area (Å²) in [5, 5.41) is 11.1. The molecule has 21 heavy (non-hydrogen) atoms. The molecule has 7 heteroatoms. The highest BCUT2D eigenvalue weighted by Gasteiger charge is 2.15. The van der Waals surface area contributed by atoms with Gasteiger partial charge >= 0.3 is 0 Å². The van der Waals surface area contributed by atoms with Crippen molar-refractivity contribution in [1.82, 2.24) is 25.0 Å². The van der Waals surface area contributed by atoms with Crippen LogP contribution in [0.3, 0.4) is 0 Å². The molecule has 106 valence electrons. The molecule has 1 aromatic carbocycles. The highest BCUT2D eigenvalue weighted by Crippen LogP contribution is 2.27. The van der Waals surface area contributed by atoms with Crippen molar-refractivity contribution in [2.45, 2.75) is 0 Å². The molecule has 0 amide bonds. The number of rotatable bonds is 3. The van der Waals surface area contributed by atoms with Crippen molar-refractivity contribution in [3.05, 3.63) is 41.0 Å². The highest BCUT2D eigenvalue weighted by atomic mass is 79.9. The lowest BCUT2D eigenvalue weighted by molar-refractivity contribution is 0.718. The Morgan fingerprint density at radius 3 is 2.52 bits per heavy atom. The fourth-order valence-corrected chi connectivity index (χ4v) is 2.55. The normalized spacial score (nSPS) is 10.6. The molecule has 2 heterocycles. The van der Waals surface area contributed by atoms with E-state index in [1.165, 1.54) is 0 Å². The van der Waals surface area contributed by atoms with Gasteiger partial charge in [0.25, 0.3) is 0 Å². The van der Waals surface area contributed by atoms with Crippen LogP contribution in [0.4, 0.5) is 5.82 Å². The van der Waals surface area contributed by atoms with E-state index < -0.39 is 0 Å². The molecule has 3 aromatic rings. The third kappa shape index (κ3) is 2.64. The topological polar surface area (TPSA) is 68.5 Å². The standard InChI is InChI=1S/C14H13BrN6/c1-16-11-8-10(12-13(15)19-20-21(12)2)17-14(18-11)9-6-4-3-5-7-9/h3-8H,1-2H3,(H,16,17,18). The van der Waals surface area contributed by atoms with Gasteiger partial charge in [-0.3, -0.25) is 0 Å². The summed E-state index contributed by atoms with van der Waals surface area (Å²) in [6.45, 7) is 0. The summed E-state index contributed by atoms with van der Waals surface area (Å²) in [5.41, 5.74) is 2.53. The summed E-state index contributed by atoms with van der Waals surface area (Å²) in [6, 6.07) is 11.7. The van der Waals surface area contributed by atoms with Crippen molar-refractivity contribution in [2.75, 3.05) is 12.4 Å². The summed E-state index contributed by atoms with van der Waals surface area (Å²) in [6.07, 6.45) is 0. The van der Waals surface area contributed by atoms with Gasteiger partial charge in [-0.25, -0.2) is 14.6 Å². The lowest BCUT2D eigenvalue weighted by atomic mass is 10.2. The highest BCUT2D eigenvalue weighted by molar-refractivity contribution is 9.10. The molecule has 0 aliphatic carbocycles. The molecule has 0 aliphatic rings. The van der Waals surface area contributed by atoms with Crippen LogP contribution < -0.4 is 5.32 Å². The Morgan fingerprint density at radius 1 is 1.14 bits per heavy atom. The van der Waals surface area contributed by atoms with E-state index in [1.54, 1.807) is 4.68 Å². The molecule has 0 unspecified atom stereocenters. The van der Waals surface area contributed by atoms with Crippen molar-refractivity contribution in [3.8, 4) is 22.8 Å². The maximum atomic E-state index is 4.63. The average molecular weight is 345 g/mol. The molecule has 0 radical (unpaired) electrons. The lowest BCUT2D eigenvalue weighted by Gasteiger charge is -2.08. The van der Waals surface area contributed by atoms with Crippen molar-refractivity contribution in [1.29, 1.82) is 0 Å². The Labute approximate surface area is 130 Å². The SMILES string of the molecule is CNc1cc(-c2c(Br)nnn2C)nc(-c2ccccc2)n1. The van der Waals surface area contributed by atoms with Gasteiger partial charge in [0.2, 0.25) is 0 Å². The fraction of sp³-hybridized carbons (Fsp3) is 0.143. The minimum absolute atomic E-state index is 0.657. The maximum absolute atomic E-state index is 4.63. The van der Waals surface area contributed by atoms with Gasteiger partial charge in [0.05, 0.1) is 5.69 Å². The molecule has 1 N–H and O–H groups in total. The zero-order valence-corrected chi connectivity index (χ0v) is 13.2. The van der Waals surface area contributed by atoms with Gasteiger partial charge in [-0.15, -0.1) is 5.10 Å². The van der Waals surface area contributed by atoms with E-state index in [9.17, 15) is 0 Å². The summed E-state index contributed by atoms with van der Waals surface area (Å²) < 4.78 is 2.34. The van der Waals surface area contributed by atoms with E-state index in [0.29, 0.717) is 10.4 Å². The number of aromatic nitrogens is 5. The van der Waals surface area contributed by atoms with Gasteiger partial charge in [-0.1, -0.05) is 35.5 Å². The molecule has 2 aromatic heterocycles. The Bertz CT molecular complexity index is 749. The van der Waals surface area contributed by atoms with Gasteiger partial charge in [0.15, 0.2) is 10.4 Å². The van der Waals surface area contributed by atoms with Gasteiger partial charge < -0.3 is 5.32 Å². The summed E-state index contributed by atoms with van der Waals surface area (Å²) in [5.74, 6) is 1.40. The molecule has 0 spiro atoms. The molecule has 3 rings (SSSR count). The van der Waals surface area contributed by atoms with Gasteiger partial charge in [-0.2, -0.15) is 0 Å². The van der Waals surface area contributed by atoms with Crippen LogP contribution in [0.5, 0.6) is 0 Å². The van der Waals surface area contributed by atoms with Crippen molar-refractivity contribution < 1.29 is 0 Å². The van der Waals surface area contributed by atoms with E-state index in [-0.39, 0.29) is 0 Å². The summed E-state index contributed by atoms with van der Waals surface area (Å²) in [7, 11) is 3.66. The van der Waals surface area contributed by atoms with Crippen LogP contribution in [0, 0.1) is 0 Å². The predicted molar refractivity (Wildman–Crippen MR) is 84.7 cm³/mol. The summed E-state index contributed by atoms with van der Waals surface area (Å²) in [4.78, 5) is 9.14.